The summed E-state index contributed by atoms with van der Waals surface area (Å²) in [4.78, 5) is 12.8. The number of hydrogen-bond donors (Lipinski definition) is 2. The number of thiocarbonyl (C=S) groups is 1. The topological polar surface area (TPSA) is 50.4 Å². The number of benzene rings is 3. The maximum absolute atomic E-state index is 12.8. The van der Waals surface area contributed by atoms with Gasteiger partial charge in [-0.25, -0.2) is 4.79 Å². The Morgan fingerprint density at radius 3 is 2.10 bits per heavy atom. The molecule has 148 valence electrons. The monoisotopic (exact) mass is 404 g/mol. The molecule has 1 unspecified atom stereocenters. The van der Waals surface area contributed by atoms with Gasteiger partial charge >= 0.3 is 5.97 Å². The van der Waals surface area contributed by atoms with E-state index in [9.17, 15) is 4.79 Å². The van der Waals surface area contributed by atoms with Gasteiger partial charge in [-0.15, -0.1) is 0 Å². The normalized spacial score (nSPS) is 11.3. The molecule has 0 aliphatic carbocycles. The van der Waals surface area contributed by atoms with Crippen molar-refractivity contribution in [2.24, 2.45) is 0 Å². The first-order chi connectivity index (χ1) is 14.1. The van der Waals surface area contributed by atoms with Crippen molar-refractivity contribution >= 4 is 29.0 Å². The van der Waals surface area contributed by atoms with Crippen LogP contribution in [-0.4, -0.2) is 17.1 Å². The van der Waals surface area contributed by atoms with Gasteiger partial charge in [-0.05, 0) is 42.4 Å². The van der Waals surface area contributed by atoms with E-state index in [1.807, 2.05) is 91.9 Å². The number of nitrogens with one attached hydrogen (secondary N) is 2. The van der Waals surface area contributed by atoms with Crippen molar-refractivity contribution in [2.45, 2.75) is 26.0 Å². The van der Waals surface area contributed by atoms with E-state index in [0.717, 1.165) is 16.8 Å². The van der Waals surface area contributed by atoms with Gasteiger partial charge in [-0.2, -0.15) is 0 Å². The van der Waals surface area contributed by atoms with Gasteiger partial charge in [0.15, 0.2) is 5.11 Å². The van der Waals surface area contributed by atoms with Crippen molar-refractivity contribution in [3.63, 3.8) is 0 Å². The van der Waals surface area contributed by atoms with Crippen molar-refractivity contribution in [3.8, 4) is 0 Å². The van der Waals surface area contributed by atoms with Gasteiger partial charge in [-0.3, -0.25) is 0 Å². The molecule has 0 heterocycles. The number of aryl methyl sites for hydroxylation is 1. The van der Waals surface area contributed by atoms with E-state index in [1.165, 1.54) is 5.56 Å². The summed E-state index contributed by atoms with van der Waals surface area (Å²) < 4.78 is 5.54. The Labute approximate surface area is 176 Å². The molecular formula is C24H24N2O2S. The predicted molar refractivity (Wildman–Crippen MR) is 121 cm³/mol. The molecule has 5 heteroatoms. The highest BCUT2D eigenvalue weighted by Crippen LogP contribution is 2.10. The minimum Gasteiger partial charge on any atom is -0.459 e. The highest BCUT2D eigenvalue weighted by molar-refractivity contribution is 7.80. The van der Waals surface area contributed by atoms with E-state index >= 15 is 0 Å². The van der Waals surface area contributed by atoms with Crippen molar-refractivity contribution in [1.29, 1.82) is 0 Å². The molecule has 29 heavy (non-hydrogen) atoms. The number of ether oxygens (including phenoxy) is 1. The molecule has 3 aromatic carbocycles. The Morgan fingerprint density at radius 1 is 0.897 bits per heavy atom. The Kier molecular flexibility index (Phi) is 7.36. The molecule has 0 saturated heterocycles. The van der Waals surface area contributed by atoms with Crippen LogP contribution in [0, 0.1) is 6.92 Å². The fourth-order valence-electron chi connectivity index (χ4n) is 2.83. The van der Waals surface area contributed by atoms with Crippen molar-refractivity contribution in [1.82, 2.24) is 5.32 Å². The van der Waals surface area contributed by atoms with Gasteiger partial charge in [0.1, 0.15) is 12.6 Å². The molecule has 3 rings (SSSR count). The zero-order chi connectivity index (χ0) is 20.5. The average Bonchev–Trinajstić information content (AvgIpc) is 2.74. The Balaban J connectivity index is 1.65. The SMILES string of the molecule is Cc1ccc(NC(=S)NC(Cc2ccccc2)C(=O)OCc2ccccc2)cc1. The van der Waals surface area contributed by atoms with Crippen LogP contribution in [0.3, 0.4) is 0 Å². The largest absolute Gasteiger partial charge is 0.459 e. The summed E-state index contributed by atoms with van der Waals surface area (Å²) in [6.07, 6.45) is 0.476. The quantitative estimate of drug-likeness (QED) is 0.444. The fraction of sp³-hybridized carbons (Fsp3) is 0.167. The lowest BCUT2D eigenvalue weighted by molar-refractivity contribution is -0.147. The van der Waals surface area contributed by atoms with E-state index in [4.69, 9.17) is 17.0 Å². The lowest BCUT2D eigenvalue weighted by Gasteiger charge is -2.20. The molecule has 0 radical (unpaired) electrons. The summed E-state index contributed by atoms with van der Waals surface area (Å²) >= 11 is 5.43. The number of anilines is 1. The summed E-state index contributed by atoms with van der Waals surface area (Å²) in [6, 6.07) is 26.7. The standard InChI is InChI=1S/C24H24N2O2S/c1-18-12-14-21(15-13-18)25-24(29)26-22(16-19-8-4-2-5-9-19)23(27)28-17-20-10-6-3-7-11-20/h2-15,22H,16-17H2,1H3,(H2,25,26,29). The van der Waals surface area contributed by atoms with Crippen molar-refractivity contribution in [2.75, 3.05) is 5.32 Å². The molecule has 0 aliphatic rings. The van der Waals surface area contributed by atoms with E-state index < -0.39 is 6.04 Å². The molecule has 0 spiro atoms. The molecule has 4 nitrogen and oxygen atoms in total. The highest BCUT2D eigenvalue weighted by atomic mass is 32.1. The van der Waals surface area contributed by atoms with Gasteiger partial charge < -0.3 is 15.4 Å². The third-order valence-electron chi connectivity index (χ3n) is 4.41. The highest BCUT2D eigenvalue weighted by Gasteiger charge is 2.22. The van der Waals surface area contributed by atoms with Crippen LogP contribution in [0.1, 0.15) is 16.7 Å². The van der Waals surface area contributed by atoms with Crippen molar-refractivity contribution < 1.29 is 9.53 Å². The molecule has 0 aliphatic heterocycles. The first-order valence-corrected chi connectivity index (χ1v) is 9.89. The Morgan fingerprint density at radius 2 is 1.48 bits per heavy atom. The summed E-state index contributed by atoms with van der Waals surface area (Å²) in [7, 11) is 0. The number of rotatable bonds is 7. The molecule has 1 atom stereocenters. The van der Waals surface area contributed by atoms with E-state index in [-0.39, 0.29) is 12.6 Å². The van der Waals surface area contributed by atoms with Crippen LogP contribution < -0.4 is 10.6 Å². The smallest absolute Gasteiger partial charge is 0.329 e. The van der Waals surface area contributed by atoms with Gasteiger partial charge in [0.2, 0.25) is 0 Å². The average molecular weight is 405 g/mol. The predicted octanol–water partition coefficient (Wildman–Crippen LogP) is 4.64. The molecular weight excluding hydrogens is 380 g/mol. The number of hydrogen-bond acceptors (Lipinski definition) is 3. The van der Waals surface area contributed by atoms with Crippen LogP contribution in [-0.2, 0) is 22.6 Å². The van der Waals surface area contributed by atoms with Crippen molar-refractivity contribution in [3.05, 3.63) is 102 Å². The summed E-state index contributed by atoms with van der Waals surface area (Å²) in [6.45, 7) is 2.25. The minimum atomic E-state index is -0.591. The van der Waals surface area contributed by atoms with Crippen LogP contribution in [0.2, 0.25) is 0 Å². The van der Waals surface area contributed by atoms with Gasteiger partial charge in [0, 0.05) is 12.1 Å². The third kappa shape index (κ3) is 6.73. The van der Waals surface area contributed by atoms with E-state index in [0.29, 0.717) is 11.5 Å². The zero-order valence-corrected chi connectivity index (χ0v) is 17.1. The number of carbonyl (C=O) groups is 1. The molecule has 0 bridgehead atoms. The maximum Gasteiger partial charge on any atom is 0.329 e. The fourth-order valence-corrected chi connectivity index (χ4v) is 3.09. The van der Waals surface area contributed by atoms with Gasteiger partial charge in [-0.1, -0.05) is 78.4 Å². The molecule has 0 aromatic heterocycles. The second-order valence-corrected chi connectivity index (χ2v) is 7.21. The number of esters is 1. The second-order valence-electron chi connectivity index (χ2n) is 6.80. The second kappa shape index (κ2) is 10.4. The van der Waals surface area contributed by atoms with Crippen LogP contribution in [0.5, 0.6) is 0 Å². The van der Waals surface area contributed by atoms with Crippen LogP contribution in [0.15, 0.2) is 84.9 Å². The maximum atomic E-state index is 12.8. The van der Waals surface area contributed by atoms with Gasteiger partial charge in [0.05, 0.1) is 0 Å². The first-order valence-electron chi connectivity index (χ1n) is 9.49. The van der Waals surface area contributed by atoms with Crippen LogP contribution in [0.4, 0.5) is 5.69 Å². The minimum absolute atomic E-state index is 0.227. The van der Waals surface area contributed by atoms with E-state index in [2.05, 4.69) is 10.6 Å². The van der Waals surface area contributed by atoms with Gasteiger partial charge in [0.25, 0.3) is 0 Å². The zero-order valence-electron chi connectivity index (χ0n) is 16.3. The molecule has 0 saturated carbocycles. The summed E-state index contributed by atoms with van der Waals surface area (Å²) in [5.41, 5.74) is 4.00. The Bertz CT molecular complexity index is 928. The van der Waals surface area contributed by atoms with E-state index in [1.54, 1.807) is 0 Å². The molecule has 3 aromatic rings. The Hall–Kier alpha value is -3.18. The molecule has 0 amide bonds. The van der Waals surface area contributed by atoms with Crippen LogP contribution >= 0.6 is 12.2 Å². The third-order valence-corrected chi connectivity index (χ3v) is 4.63. The number of carbonyl (C=O) groups excluding carboxylic acids is 1. The summed E-state index contributed by atoms with van der Waals surface area (Å²) in [5, 5.41) is 6.62. The lowest BCUT2D eigenvalue weighted by Crippen LogP contribution is -2.45. The lowest BCUT2D eigenvalue weighted by atomic mass is 10.1. The molecule has 0 fully saturated rings. The van der Waals surface area contributed by atoms with Crippen LogP contribution in [0.25, 0.3) is 0 Å². The summed E-state index contributed by atoms with van der Waals surface area (Å²) in [5.74, 6) is -0.342. The first kappa shape index (κ1) is 20.6. The molecule has 2 N–H and O–H groups in total.